The molecule has 1 fully saturated rings. The second-order valence-electron chi connectivity index (χ2n) is 5.86. The summed E-state index contributed by atoms with van der Waals surface area (Å²) >= 11 is 0. The fourth-order valence-electron chi connectivity index (χ4n) is 2.52. The lowest BCUT2D eigenvalue weighted by Gasteiger charge is -2.07. The summed E-state index contributed by atoms with van der Waals surface area (Å²) in [6.07, 6.45) is 3.85. The van der Waals surface area contributed by atoms with Gasteiger partial charge in [0.2, 0.25) is 0 Å². The summed E-state index contributed by atoms with van der Waals surface area (Å²) < 4.78 is 36.5. The Kier molecular flexibility index (Phi) is 5.08. The third kappa shape index (κ3) is 4.28. The first-order valence-corrected chi connectivity index (χ1v) is 9.07. The van der Waals surface area contributed by atoms with Crippen molar-refractivity contribution >= 4 is 22.2 Å². The standard InChI is InChI=1S/C16H17FN2O2S.ClH/c1-22(20,21)9-12-6-10(2-4-14(12)17)16-5-3-11(8-19-16)13-7-15(13)18;/h2-6,8,13,15H,7,9,18H2,1H3;1H/t13-,15+;/m1./s1. The van der Waals surface area contributed by atoms with E-state index in [1.165, 1.54) is 6.07 Å². The van der Waals surface area contributed by atoms with E-state index in [1.54, 1.807) is 18.3 Å². The summed E-state index contributed by atoms with van der Waals surface area (Å²) in [5, 5.41) is 0. The zero-order valence-corrected chi connectivity index (χ0v) is 14.2. The molecule has 0 bridgehead atoms. The van der Waals surface area contributed by atoms with E-state index in [-0.39, 0.29) is 29.8 Å². The molecule has 0 unspecified atom stereocenters. The fraction of sp³-hybridized carbons (Fsp3) is 0.312. The average molecular weight is 357 g/mol. The number of halogens is 2. The molecule has 1 aromatic carbocycles. The molecule has 1 aromatic heterocycles. The third-order valence-electron chi connectivity index (χ3n) is 3.81. The van der Waals surface area contributed by atoms with Crippen LogP contribution in [0.15, 0.2) is 36.5 Å². The molecule has 2 aromatic rings. The Balaban J connectivity index is 0.00000192. The SMILES string of the molecule is CS(=O)(=O)Cc1cc(-c2ccc([C@H]3C[C@@H]3N)cn2)ccc1F.Cl. The predicted molar refractivity (Wildman–Crippen MR) is 90.8 cm³/mol. The quantitative estimate of drug-likeness (QED) is 0.914. The van der Waals surface area contributed by atoms with E-state index >= 15 is 0 Å². The van der Waals surface area contributed by atoms with Crippen molar-refractivity contribution in [1.29, 1.82) is 0 Å². The van der Waals surface area contributed by atoms with Gasteiger partial charge in [0.05, 0.1) is 11.4 Å². The van der Waals surface area contributed by atoms with E-state index in [0.29, 0.717) is 17.2 Å². The molecule has 2 N–H and O–H groups in total. The first-order valence-electron chi connectivity index (χ1n) is 7.01. The van der Waals surface area contributed by atoms with Gasteiger partial charge >= 0.3 is 0 Å². The van der Waals surface area contributed by atoms with Gasteiger partial charge in [0, 0.05) is 35.5 Å². The molecule has 3 rings (SSSR count). The van der Waals surface area contributed by atoms with Crippen molar-refractivity contribution in [2.45, 2.75) is 24.1 Å². The first-order chi connectivity index (χ1) is 10.3. The maximum atomic E-state index is 13.7. The van der Waals surface area contributed by atoms with Crippen LogP contribution in [-0.2, 0) is 15.6 Å². The molecule has 4 nitrogen and oxygen atoms in total. The second kappa shape index (κ2) is 6.55. The van der Waals surface area contributed by atoms with Crippen LogP contribution < -0.4 is 5.73 Å². The Bertz CT molecular complexity index is 809. The van der Waals surface area contributed by atoms with Crippen LogP contribution in [0.1, 0.15) is 23.5 Å². The van der Waals surface area contributed by atoms with E-state index in [2.05, 4.69) is 4.98 Å². The number of nitrogens with two attached hydrogens (primary N) is 1. The Morgan fingerprint density at radius 3 is 2.52 bits per heavy atom. The lowest BCUT2D eigenvalue weighted by molar-refractivity contribution is 0.592. The second-order valence-corrected chi connectivity index (χ2v) is 8.00. The molecule has 1 aliphatic carbocycles. The molecule has 0 aliphatic heterocycles. The van der Waals surface area contributed by atoms with Crippen molar-refractivity contribution in [3.63, 3.8) is 0 Å². The van der Waals surface area contributed by atoms with Gasteiger partial charge in [0.25, 0.3) is 0 Å². The van der Waals surface area contributed by atoms with Crippen LogP contribution in [0.25, 0.3) is 11.3 Å². The van der Waals surface area contributed by atoms with Gasteiger partial charge in [-0.05, 0) is 36.2 Å². The highest BCUT2D eigenvalue weighted by Crippen LogP contribution is 2.38. The lowest BCUT2D eigenvalue weighted by Crippen LogP contribution is -2.03. The highest BCUT2D eigenvalue weighted by Gasteiger charge is 2.34. The minimum Gasteiger partial charge on any atom is -0.327 e. The van der Waals surface area contributed by atoms with Crippen LogP contribution in [0.5, 0.6) is 0 Å². The van der Waals surface area contributed by atoms with Crippen LogP contribution in [0, 0.1) is 5.82 Å². The maximum absolute atomic E-state index is 13.7. The van der Waals surface area contributed by atoms with Gasteiger partial charge in [-0.3, -0.25) is 4.98 Å². The van der Waals surface area contributed by atoms with Gasteiger partial charge in [-0.25, -0.2) is 12.8 Å². The molecule has 7 heteroatoms. The lowest BCUT2D eigenvalue weighted by atomic mass is 10.1. The van der Waals surface area contributed by atoms with E-state index < -0.39 is 15.7 Å². The zero-order valence-electron chi connectivity index (χ0n) is 12.6. The number of rotatable bonds is 4. The fourth-order valence-corrected chi connectivity index (χ4v) is 3.31. The van der Waals surface area contributed by atoms with Gasteiger partial charge < -0.3 is 5.73 Å². The number of hydrogen-bond acceptors (Lipinski definition) is 4. The van der Waals surface area contributed by atoms with Gasteiger partial charge in [0.1, 0.15) is 5.82 Å². The first kappa shape index (κ1) is 17.8. The topological polar surface area (TPSA) is 73.0 Å². The van der Waals surface area contributed by atoms with Gasteiger partial charge in [-0.2, -0.15) is 0 Å². The molecule has 0 saturated heterocycles. The normalized spacial score (nSPS) is 20.0. The molecule has 2 atom stereocenters. The van der Waals surface area contributed by atoms with Crippen molar-refractivity contribution in [3.05, 3.63) is 53.5 Å². The Morgan fingerprint density at radius 1 is 1.30 bits per heavy atom. The Labute approximate surface area is 141 Å². The van der Waals surface area contributed by atoms with Gasteiger partial charge in [-0.1, -0.05) is 6.07 Å². The summed E-state index contributed by atoms with van der Waals surface area (Å²) in [5.41, 5.74) is 8.47. The zero-order chi connectivity index (χ0) is 15.9. The average Bonchev–Trinajstić information content (AvgIpc) is 3.17. The number of hydrogen-bond donors (Lipinski definition) is 1. The van der Waals surface area contributed by atoms with Crippen LogP contribution in [0.4, 0.5) is 4.39 Å². The van der Waals surface area contributed by atoms with Crippen molar-refractivity contribution in [2.24, 2.45) is 5.73 Å². The number of nitrogens with zero attached hydrogens (tertiary/aromatic N) is 1. The highest BCUT2D eigenvalue weighted by molar-refractivity contribution is 7.89. The van der Waals surface area contributed by atoms with Crippen molar-refractivity contribution < 1.29 is 12.8 Å². The summed E-state index contributed by atoms with van der Waals surface area (Å²) in [7, 11) is -3.29. The molecular formula is C16H18ClFN2O2S. The maximum Gasteiger partial charge on any atom is 0.151 e. The van der Waals surface area contributed by atoms with E-state index in [1.807, 2.05) is 12.1 Å². The monoisotopic (exact) mass is 356 g/mol. The smallest absolute Gasteiger partial charge is 0.151 e. The number of pyridine rings is 1. The molecule has 1 aliphatic rings. The number of sulfone groups is 1. The molecule has 23 heavy (non-hydrogen) atoms. The minimum absolute atomic E-state index is 0. The van der Waals surface area contributed by atoms with Crippen molar-refractivity contribution in [1.82, 2.24) is 4.98 Å². The van der Waals surface area contributed by atoms with Gasteiger partial charge in [0.15, 0.2) is 9.84 Å². The largest absolute Gasteiger partial charge is 0.327 e. The van der Waals surface area contributed by atoms with E-state index in [0.717, 1.165) is 18.2 Å². The van der Waals surface area contributed by atoms with E-state index in [4.69, 9.17) is 5.73 Å². The van der Waals surface area contributed by atoms with Gasteiger partial charge in [-0.15, -0.1) is 12.4 Å². The molecular weight excluding hydrogens is 339 g/mol. The Hall–Kier alpha value is -1.50. The predicted octanol–water partition coefficient (Wildman–Crippen LogP) is 2.67. The summed E-state index contributed by atoms with van der Waals surface area (Å²) in [5.74, 6) is -0.452. The molecule has 0 amide bonds. The summed E-state index contributed by atoms with van der Waals surface area (Å²) in [6.45, 7) is 0. The Morgan fingerprint density at radius 2 is 2.00 bits per heavy atom. The van der Waals surface area contributed by atoms with Crippen molar-refractivity contribution in [2.75, 3.05) is 6.26 Å². The van der Waals surface area contributed by atoms with E-state index in [9.17, 15) is 12.8 Å². The highest BCUT2D eigenvalue weighted by atomic mass is 35.5. The van der Waals surface area contributed by atoms with Crippen molar-refractivity contribution in [3.8, 4) is 11.3 Å². The van der Waals surface area contributed by atoms with Crippen LogP contribution in [0.2, 0.25) is 0 Å². The molecule has 0 spiro atoms. The molecule has 1 saturated carbocycles. The number of benzene rings is 1. The number of aromatic nitrogens is 1. The summed E-state index contributed by atoms with van der Waals surface area (Å²) in [4.78, 5) is 4.38. The third-order valence-corrected chi connectivity index (χ3v) is 4.65. The van der Waals surface area contributed by atoms with Crippen LogP contribution in [0.3, 0.4) is 0 Å². The molecule has 1 heterocycles. The van der Waals surface area contributed by atoms with Crippen LogP contribution in [-0.4, -0.2) is 25.7 Å². The molecule has 124 valence electrons. The molecule has 0 radical (unpaired) electrons. The minimum atomic E-state index is -3.29. The summed E-state index contributed by atoms with van der Waals surface area (Å²) in [6, 6.07) is 8.48. The van der Waals surface area contributed by atoms with Crippen LogP contribution >= 0.6 is 12.4 Å².